The van der Waals surface area contributed by atoms with Crippen molar-refractivity contribution in [3.63, 3.8) is 0 Å². The summed E-state index contributed by atoms with van der Waals surface area (Å²) in [6, 6.07) is 5.79. The van der Waals surface area contributed by atoms with Crippen LogP contribution in [0.4, 0.5) is 10.3 Å². The second-order valence-electron chi connectivity index (χ2n) is 6.89. The summed E-state index contributed by atoms with van der Waals surface area (Å²) < 4.78 is 38.4. The number of halogens is 1. The Bertz CT molecular complexity index is 1060. The number of rotatable bonds is 7. The quantitative estimate of drug-likeness (QED) is 0.503. The normalized spacial score (nSPS) is 12.2. The smallest absolute Gasteiger partial charge is 0.239 e. The van der Waals surface area contributed by atoms with E-state index in [-0.39, 0.29) is 23.5 Å². The van der Waals surface area contributed by atoms with Crippen molar-refractivity contribution >= 4 is 27.8 Å². The minimum atomic E-state index is -3.57. The predicted octanol–water partition coefficient (Wildman–Crippen LogP) is 3.96. The lowest BCUT2D eigenvalue weighted by molar-refractivity contribution is -0.112. The average Bonchev–Trinajstić information content (AvgIpc) is 2.64. The molecule has 6 nitrogen and oxygen atoms in total. The monoisotopic (exact) mass is 417 g/mol. The Morgan fingerprint density at radius 1 is 1.14 bits per heavy atom. The van der Waals surface area contributed by atoms with E-state index >= 15 is 0 Å². The van der Waals surface area contributed by atoms with Crippen LogP contribution in [-0.2, 0) is 14.8 Å². The van der Waals surface area contributed by atoms with Gasteiger partial charge in [-0.2, -0.15) is 0 Å². The first-order valence-corrected chi connectivity index (χ1v) is 10.8. The third kappa shape index (κ3) is 5.80. The highest BCUT2D eigenvalue weighted by Crippen LogP contribution is 2.31. The molecule has 1 heterocycles. The Morgan fingerprint density at radius 2 is 1.76 bits per heavy atom. The molecule has 0 fully saturated rings. The first-order chi connectivity index (χ1) is 13.5. The summed E-state index contributed by atoms with van der Waals surface area (Å²) in [6.07, 6.45) is 7.56. The molecule has 0 aliphatic rings. The van der Waals surface area contributed by atoms with E-state index in [2.05, 4.69) is 9.97 Å². The topological polar surface area (TPSA) is 80.2 Å². The molecule has 0 radical (unpaired) electrons. The molecule has 0 saturated heterocycles. The molecule has 0 unspecified atom stereocenters. The van der Waals surface area contributed by atoms with Crippen LogP contribution in [0.15, 0.2) is 42.5 Å². The van der Waals surface area contributed by atoms with Crippen molar-refractivity contribution in [1.29, 1.82) is 0 Å². The third-order valence-electron chi connectivity index (χ3n) is 4.11. The molecular formula is C21H24FN3O3S. The molecule has 2 aromatic rings. The summed E-state index contributed by atoms with van der Waals surface area (Å²) in [5.41, 5.74) is 2.40. The highest BCUT2D eigenvalue weighted by molar-refractivity contribution is 7.92. The van der Waals surface area contributed by atoms with Gasteiger partial charge in [0.2, 0.25) is 16.0 Å². The molecule has 0 saturated carbocycles. The van der Waals surface area contributed by atoms with Gasteiger partial charge in [-0.1, -0.05) is 32.1 Å². The third-order valence-corrected chi connectivity index (χ3v) is 5.27. The summed E-state index contributed by atoms with van der Waals surface area (Å²) in [6.45, 7) is 5.32. The number of anilines is 1. The second-order valence-corrected chi connectivity index (χ2v) is 8.91. The molecular weight excluding hydrogens is 393 g/mol. The Morgan fingerprint density at radius 3 is 2.28 bits per heavy atom. The zero-order valence-corrected chi connectivity index (χ0v) is 17.9. The van der Waals surface area contributed by atoms with Crippen LogP contribution in [0.5, 0.6) is 0 Å². The lowest BCUT2D eigenvalue weighted by Gasteiger charge is -2.20. The first kappa shape index (κ1) is 22.4. The van der Waals surface area contributed by atoms with E-state index in [1.54, 1.807) is 30.4 Å². The summed E-state index contributed by atoms with van der Waals surface area (Å²) in [5.74, 6) is -0.479. The van der Waals surface area contributed by atoms with Gasteiger partial charge < -0.3 is 0 Å². The van der Waals surface area contributed by atoms with Crippen molar-refractivity contribution in [2.24, 2.45) is 0 Å². The molecule has 2 rings (SSSR count). The van der Waals surface area contributed by atoms with E-state index in [0.717, 1.165) is 10.6 Å². The number of ketones is 1. The number of aromatic nitrogens is 2. The van der Waals surface area contributed by atoms with Crippen LogP contribution in [0, 0.1) is 5.82 Å². The van der Waals surface area contributed by atoms with E-state index in [1.165, 1.54) is 32.2 Å². The molecule has 0 aliphatic carbocycles. The number of sulfonamides is 1. The fourth-order valence-corrected chi connectivity index (χ4v) is 2.92. The van der Waals surface area contributed by atoms with Gasteiger partial charge in [-0.05, 0) is 43.2 Å². The van der Waals surface area contributed by atoms with E-state index in [0.29, 0.717) is 22.5 Å². The Kier molecular flexibility index (Phi) is 7.02. The summed E-state index contributed by atoms with van der Waals surface area (Å²) in [5, 5.41) is 0. The van der Waals surface area contributed by atoms with Crippen LogP contribution in [0.25, 0.3) is 17.3 Å². The van der Waals surface area contributed by atoms with Gasteiger partial charge in [0.1, 0.15) is 5.82 Å². The minimum Gasteiger partial charge on any atom is -0.295 e. The van der Waals surface area contributed by atoms with Crippen molar-refractivity contribution in [2.75, 3.05) is 17.6 Å². The lowest BCUT2D eigenvalue weighted by atomic mass is 9.98. The molecule has 29 heavy (non-hydrogen) atoms. The largest absolute Gasteiger partial charge is 0.295 e. The molecule has 0 N–H and O–H groups in total. The maximum Gasteiger partial charge on any atom is 0.239 e. The van der Waals surface area contributed by atoms with Crippen LogP contribution >= 0.6 is 0 Å². The molecule has 0 spiro atoms. The number of allylic oxidation sites excluding steroid dienone is 3. The highest BCUT2D eigenvalue weighted by Gasteiger charge is 2.21. The lowest BCUT2D eigenvalue weighted by Crippen LogP contribution is -2.27. The molecule has 154 valence electrons. The molecule has 0 atom stereocenters. The van der Waals surface area contributed by atoms with Gasteiger partial charge in [-0.3, -0.25) is 4.79 Å². The number of benzene rings is 1. The van der Waals surface area contributed by atoms with E-state index in [1.807, 2.05) is 13.8 Å². The van der Waals surface area contributed by atoms with Crippen molar-refractivity contribution < 1.29 is 17.6 Å². The van der Waals surface area contributed by atoms with Crippen LogP contribution in [0.2, 0.25) is 0 Å². The van der Waals surface area contributed by atoms with Crippen LogP contribution < -0.4 is 4.31 Å². The first-order valence-electron chi connectivity index (χ1n) is 8.97. The molecule has 0 amide bonds. The Labute approximate surface area is 170 Å². The molecule has 1 aromatic heterocycles. The maximum absolute atomic E-state index is 13.4. The summed E-state index contributed by atoms with van der Waals surface area (Å²) >= 11 is 0. The van der Waals surface area contributed by atoms with Gasteiger partial charge in [0, 0.05) is 18.2 Å². The SMILES string of the molecule is CC(=O)/C=C/C=C/c1c(-c2ccc(F)cc2)nc(N(C)S(C)(=O)=O)nc1C(C)C. The zero-order chi connectivity index (χ0) is 21.8. The van der Waals surface area contributed by atoms with Crippen molar-refractivity contribution in [1.82, 2.24) is 9.97 Å². The van der Waals surface area contributed by atoms with E-state index < -0.39 is 10.0 Å². The Hall–Kier alpha value is -2.87. The standard InChI is InChI=1S/C21H24FN3O3S/c1-14(2)19-18(9-7-6-8-15(3)26)20(16-10-12-17(22)13-11-16)24-21(23-19)25(4)29(5,27)28/h6-14H,1-5H3/b8-6+,9-7+. The van der Waals surface area contributed by atoms with Gasteiger partial charge in [-0.25, -0.2) is 27.1 Å². The average molecular weight is 418 g/mol. The van der Waals surface area contributed by atoms with Crippen molar-refractivity contribution in [3.8, 4) is 11.3 Å². The van der Waals surface area contributed by atoms with E-state index in [4.69, 9.17) is 0 Å². The minimum absolute atomic E-state index is 0.0342. The fraction of sp³-hybridized carbons (Fsp3) is 0.286. The number of hydrogen-bond acceptors (Lipinski definition) is 5. The molecule has 8 heteroatoms. The van der Waals surface area contributed by atoms with Crippen LogP contribution in [0.1, 0.15) is 37.9 Å². The van der Waals surface area contributed by atoms with E-state index in [9.17, 15) is 17.6 Å². The van der Waals surface area contributed by atoms with Gasteiger partial charge in [-0.15, -0.1) is 0 Å². The van der Waals surface area contributed by atoms with Crippen molar-refractivity contribution in [2.45, 2.75) is 26.7 Å². The number of hydrogen-bond donors (Lipinski definition) is 0. The molecule has 0 aliphatic heterocycles. The second kappa shape index (κ2) is 9.09. The zero-order valence-electron chi connectivity index (χ0n) is 17.0. The Balaban J connectivity index is 2.77. The number of nitrogens with zero attached hydrogens (tertiary/aromatic N) is 3. The number of carbonyl (C=O) groups excluding carboxylic acids is 1. The van der Waals surface area contributed by atoms with Gasteiger partial charge in [0.05, 0.1) is 17.6 Å². The number of carbonyl (C=O) groups is 1. The van der Waals surface area contributed by atoms with Crippen LogP contribution in [-0.4, -0.2) is 37.5 Å². The summed E-state index contributed by atoms with van der Waals surface area (Å²) in [7, 11) is -2.18. The molecule has 1 aromatic carbocycles. The fourth-order valence-electron chi connectivity index (χ4n) is 2.54. The maximum atomic E-state index is 13.4. The van der Waals surface area contributed by atoms with Crippen LogP contribution in [0.3, 0.4) is 0 Å². The summed E-state index contributed by atoms with van der Waals surface area (Å²) in [4.78, 5) is 20.1. The van der Waals surface area contributed by atoms with Crippen molar-refractivity contribution in [3.05, 3.63) is 59.6 Å². The molecule has 0 bridgehead atoms. The van der Waals surface area contributed by atoms with Gasteiger partial charge in [0.15, 0.2) is 5.78 Å². The van der Waals surface area contributed by atoms with Gasteiger partial charge in [0.25, 0.3) is 0 Å². The predicted molar refractivity (Wildman–Crippen MR) is 114 cm³/mol. The van der Waals surface area contributed by atoms with Gasteiger partial charge >= 0.3 is 0 Å². The highest BCUT2D eigenvalue weighted by atomic mass is 32.2.